The Hall–Kier alpha value is -1.37. The van der Waals surface area contributed by atoms with Gasteiger partial charge in [0.05, 0.1) is 29.8 Å². The Labute approximate surface area is 109 Å². The monoisotopic (exact) mass is 272 g/mol. The molecular formula is C11H13ClN2O4. The SMILES string of the molecule is CO[C@H]1COC[C@@H]1Nc1ncc(C(=O)O)cc1Cl. The number of aromatic carboxylic acids is 1. The number of methoxy groups -OCH3 is 1. The Kier molecular flexibility index (Phi) is 4.00. The number of nitrogens with zero attached hydrogens (tertiary/aromatic N) is 1. The van der Waals surface area contributed by atoms with Crippen molar-refractivity contribution in [1.82, 2.24) is 4.98 Å². The van der Waals surface area contributed by atoms with Gasteiger partial charge in [-0.25, -0.2) is 9.78 Å². The zero-order chi connectivity index (χ0) is 13.1. The van der Waals surface area contributed by atoms with E-state index >= 15 is 0 Å². The van der Waals surface area contributed by atoms with Crippen LogP contribution in [0, 0.1) is 0 Å². The molecule has 0 saturated carbocycles. The van der Waals surface area contributed by atoms with Gasteiger partial charge < -0.3 is 19.9 Å². The normalized spacial score (nSPS) is 23.0. The Bertz CT molecular complexity index is 455. The maximum Gasteiger partial charge on any atom is 0.337 e. The van der Waals surface area contributed by atoms with Crippen molar-refractivity contribution in [2.24, 2.45) is 0 Å². The molecule has 7 heteroatoms. The minimum Gasteiger partial charge on any atom is -0.478 e. The van der Waals surface area contributed by atoms with Crippen LogP contribution >= 0.6 is 11.6 Å². The molecule has 1 aromatic rings. The molecule has 0 aromatic carbocycles. The summed E-state index contributed by atoms with van der Waals surface area (Å²) >= 11 is 5.97. The third kappa shape index (κ3) is 2.72. The number of pyridine rings is 1. The molecule has 2 N–H and O–H groups in total. The number of carboxylic acids is 1. The number of anilines is 1. The molecule has 1 aromatic heterocycles. The molecular weight excluding hydrogens is 260 g/mol. The summed E-state index contributed by atoms with van der Waals surface area (Å²) in [4.78, 5) is 14.7. The van der Waals surface area contributed by atoms with Crippen LogP contribution in [-0.4, -0.2) is 48.5 Å². The number of hydrogen-bond acceptors (Lipinski definition) is 5. The Morgan fingerprint density at radius 2 is 2.44 bits per heavy atom. The number of hydrogen-bond donors (Lipinski definition) is 2. The van der Waals surface area contributed by atoms with E-state index in [-0.39, 0.29) is 22.7 Å². The summed E-state index contributed by atoms with van der Waals surface area (Å²) in [7, 11) is 1.61. The number of ether oxygens (including phenoxy) is 2. The first-order valence-corrected chi connectivity index (χ1v) is 5.75. The van der Waals surface area contributed by atoms with Gasteiger partial charge in [-0.15, -0.1) is 0 Å². The summed E-state index contributed by atoms with van der Waals surface area (Å²) in [5.74, 6) is -0.630. The lowest BCUT2D eigenvalue weighted by molar-refractivity contribution is 0.0696. The summed E-state index contributed by atoms with van der Waals surface area (Å²) in [5, 5.41) is 12.2. The van der Waals surface area contributed by atoms with Gasteiger partial charge in [0.1, 0.15) is 11.9 Å². The van der Waals surface area contributed by atoms with Gasteiger partial charge in [-0.05, 0) is 6.07 Å². The molecule has 0 radical (unpaired) electrons. The van der Waals surface area contributed by atoms with Gasteiger partial charge in [0.15, 0.2) is 0 Å². The number of nitrogens with one attached hydrogen (secondary N) is 1. The van der Waals surface area contributed by atoms with E-state index in [2.05, 4.69) is 10.3 Å². The van der Waals surface area contributed by atoms with Crippen LogP contribution in [0.25, 0.3) is 0 Å². The summed E-state index contributed by atoms with van der Waals surface area (Å²) in [5.41, 5.74) is 0.0523. The summed E-state index contributed by atoms with van der Waals surface area (Å²) in [6, 6.07) is 1.31. The summed E-state index contributed by atoms with van der Waals surface area (Å²) in [6.07, 6.45) is 1.19. The van der Waals surface area contributed by atoms with Crippen molar-refractivity contribution >= 4 is 23.4 Å². The maximum absolute atomic E-state index is 10.7. The smallest absolute Gasteiger partial charge is 0.337 e. The minimum atomic E-state index is -1.06. The topological polar surface area (TPSA) is 80.7 Å². The predicted octanol–water partition coefficient (Wildman–Crippen LogP) is 1.26. The Morgan fingerprint density at radius 1 is 1.67 bits per heavy atom. The van der Waals surface area contributed by atoms with E-state index in [9.17, 15) is 4.79 Å². The first-order chi connectivity index (χ1) is 8.61. The number of carbonyl (C=O) groups is 1. The van der Waals surface area contributed by atoms with Crippen LogP contribution < -0.4 is 5.32 Å². The molecule has 0 aliphatic carbocycles. The van der Waals surface area contributed by atoms with Crippen LogP contribution in [0.4, 0.5) is 5.82 Å². The van der Waals surface area contributed by atoms with Gasteiger partial charge in [-0.2, -0.15) is 0 Å². The average Bonchev–Trinajstić information content (AvgIpc) is 2.78. The largest absolute Gasteiger partial charge is 0.478 e. The molecule has 2 atom stereocenters. The second-order valence-corrected chi connectivity index (χ2v) is 4.33. The van der Waals surface area contributed by atoms with E-state index in [0.717, 1.165) is 0 Å². The fourth-order valence-corrected chi connectivity index (χ4v) is 1.96. The molecule has 0 bridgehead atoms. The van der Waals surface area contributed by atoms with Crippen molar-refractivity contribution in [3.8, 4) is 0 Å². The summed E-state index contributed by atoms with van der Waals surface area (Å²) < 4.78 is 10.5. The molecule has 2 rings (SSSR count). The second kappa shape index (κ2) is 5.51. The molecule has 1 saturated heterocycles. The Morgan fingerprint density at radius 3 is 3.06 bits per heavy atom. The highest BCUT2D eigenvalue weighted by molar-refractivity contribution is 6.33. The molecule has 2 heterocycles. The van der Waals surface area contributed by atoms with Gasteiger partial charge in [0, 0.05) is 13.3 Å². The van der Waals surface area contributed by atoms with E-state index < -0.39 is 5.97 Å². The van der Waals surface area contributed by atoms with E-state index in [1.165, 1.54) is 12.3 Å². The molecule has 18 heavy (non-hydrogen) atoms. The summed E-state index contributed by atoms with van der Waals surface area (Å²) in [6.45, 7) is 1.01. The fourth-order valence-electron chi connectivity index (χ4n) is 1.74. The van der Waals surface area contributed by atoms with Crippen LogP contribution in [-0.2, 0) is 9.47 Å². The third-order valence-electron chi connectivity index (χ3n) is 2.74. The predicted molar refractivity (Wildman–Crippen MR) is 65.2 cm³/mol. The van der Waals surface area contributed by atoms with E-state index in [0.29, 0.717) is 19.0 Å². The first kappa shape index (κ1) is 13.1. The molecule has 98 valence electrons. The van der Waals surface area contributed by atoms with Crippen molar-refractivity contribution in [3.63, 3.8) is 0 Å². The minimum absolute atomic E-state index is 0.0457. The first-order valence-electron chi connectivity index (χ1n) is 5.37. The lowest BCUT2D eigenvalue weighted by Crippen LogP contribution is -2.33. The average molecular weight is 273 g/mol. The fraction of sp³-hybridized carbons (Fsp3) is 0.455. The van der Waals surface area contributed by atoms with Crippen molar-refractivity contribution in [1.29, 1.82) is 0 Å². The van der Waals surface area contributed by atoms with Gasteiger partial charge in [-0.1, -0.05) is 11.6 Å². The lowest BCUT2D eigenvalue weighted by atomic mass is 10.2. The lowest BCUT2D eigenvalue weighted by Gasteiger charge is -2.18. The highest BCUT2D eigenvalue weighted by atomic mass is 35.5. The van der Waals surface area contributed by atoms with Gasteiger partial charge in [0.25, 0.3) is 0 Å². The molecule has 1 aliphatic heterocycles. The zero-order valence-corrected chi connectivity index (χ0v) is 10.5. The second-order valence-electron chi connectivity index (χ2n) is 3.92. The van der Waals surface area contributed by atoms with Crippen LogP contribution in [0.1, 0.15) is 10.4 Å². The molecule has 6 nitrogen and oxygen atoms in total. The van der Waals surface area contributed by atoms with Crippen LogP contribution in [0.3, 0.4) is 0 Å². The third-order valence-corrected chi connectivity index (χ3v) is 3.03. The quantitative estimate of drug-likeness (QED) is 0.859. The van der Waals surface area contributed by atoms with Gasteiger partial charge in [0.2, 0.25) is 0 Å². The highest BCUT2D eigenvalue weighted by Crippen LogP contribution is 2.23. The van der Waals surface area contributed by atoms with Crippen LogP contribution in [0.2, 0.25) is 5.02 Å². The maximum atomic E-state index is 10.7. The number of carboxylic acid groups (broad SMARTS) is 1. The molecule has 1 aliphatic rings. The standard InChI is InChI=1S/C11H13ClN2O4/c1-17-9-5-18-4-8(9)14-10-7(12)2-6(3-13-10)11(15)16/h2-3,8-9H,4-5H2,1H3,(H,13,14)(H,15,16)/t8-,9-/m0/s1. The van der Waals surface area contributed by atoms with Crippen LogP contribution in [0.15, 0.2) is 12.3 Å². The van der Waals surface area contributed by atoms with E-state index in [1.54, 1.807) is 7.11 Å². The van der Waals surface area contributed by atoms with Crippen molar-refractivity contribution < 1.29 is 19.4 Å². The van der Waals surface area contributed by atoms with Gasteiger partial charge >= 0.3 is 5.97 Å². The van der Waals surface area contributed by atoms with Crippen LogP contribution in [0.5, 0.6) is 0 Å². The molecule has 0 amide bonds. The van der Waals surface area contributed by atoms with Crippen molar-refractivity contribution in [2.75, 3.05) is 25.6 Å². The highest BCUT2D eigenvalue weighted by Gasteiger charge is 2.28. The molecule has 0 spiro atoms. The van der Waals surface area contributed by atoms with Crippen molar-refractivity contribution in [2.45, 2.75) is 12.1 Å². The molecule has 1 fully saturated rings. The number of aromatic nitrogens is 1. The number of rotatable bonds is 4. The van der Waals surface area contributed by atoms with E-state index in [4.69, 9.17) is 26.2 Å². The van der Waals surface area contributed by atoms with Crippen molar-refractivity contribution in [3.05, 3.63) is 22.8 Å². The number of halogens is 1. The molecule has 0 unspecified atom stereocenters. The zero-order valence-electron chi connectivity index (χ0n) is 9.72. The Balaban J connectivity index is 2.12. The van der Waals surface area contributed by atoms with Gasteiger partial charge in [-0.3, -0.25) is 0 Å². The van der Waals surface area contributed by atoms with E-state index in [1.807, 2.05) is 0 Å².